The maximum Gasteiger partial charge on any atom is 0.291 e. The lowest BCUT2D eigenvalue weighted by atomic mass is 10.1. The third kappa shape index (κ3) is 7.45. The molecule has 0 unspecified atom stereocenters. The van der Waals surface area contributed by atoms with E-state index in [1.54, 1.807) is 12.1 Å². The highest BCUT2D eigenvalue weighted by Crippen LogP contribution is 2.06. The predicted molar refractivity (Wildman–Crippen MR) is 67.7 cm³/mol. The molecule has 9 heteroatoms. The third-order valence-electron chi connectivity index (χ3n) is 1.64. The van der Waals surface area contributed by atoms with Crippen molar-refractivity contribution >= 4 is 17.4 Å². The van der Waals surface area contributed by atoms with Crippen molar-refractivity contribution in [3.05, 3.63) is 39.9 Å². The van der Waals surface area contributed by atoms with E-state index in [0.717, 1.165) is 11.3 Å². The molecule has 1 rings (SSSR count). The molecule has 0 bridgehead atoms. The summed E-state index contributed by atoms with van der Waals surface area (Å²) in [5.74, 6) is -0.0557. The quantitative estimate of drug-likeness (QED) is 0.189. The van der Waals surface area contributed by atoms with E-state index in [1.807, 2.05) is 19.1 Å². The summed E-state index contributed by atoms with van der Waals surface area (Å²) >= 11 is 0. The molecule has 98 valence electrons. The molecule has 0 fully saturated rings. The average molecular weight is 254 g/mol. The van der Waals surface area contributed by atoms with Crippen molar-refractivity contribution in [2.45, 2.75) is 6.92 Å². The molecule has 0 aromatic heterocycles. The van der Waals surface area contributed by atoms with E-state index in [9.17, 15) is 0 Å². The Bertz CT molecular complexity index is 446. The zero-order valence-corrected chi connectivity index (χ0v) is 9.65. The van der Waals surface area contributed by atoms with Gasteiger partial charge in [-0.05, 0) is 24.6 Å². The highest BCUT2D eigenvalue weighted by molar-refractivity contribution is 5.99. The summed E-state index contributed by atoms with van der Waals surface area (Å²) in [7, 11) is 0. The topological polar surface area (TPSA) is 166 Å². The van der Waals surface area contributed by atoms with Gasteiger partial charge in [-0.2, -0.15) is 5.10 Å². The summed E-state index contributed by atoms with van der Waals surface area (Å²) in [6.45, 7) is 1.82. The number of nitrogen functional groups attached to an aromatic ring is 1. The van der Waals surface area contributed by atoms with Gasteiger partial charge < -0.3 is 22.4 Å². The first-order chi connectivity index (χ1) is 8.32. The van der Waals surface area contributed by atoms with Crippen molar-refractivity contribution in [3.8, 4) is 0 Å². The normalized spacial score (nSPS) is 9.94. The smallest absolute Gasteiger partial charge is 0.291 e. The second kappa shape index (κ2) is 7.44. The summed E-state index contributed by atoms with van der Waals surface area (Å²) in [5.41, 5.74) is 18.2. The van der Waals surface area contributed by atoms with Gasteiger partial charge in [0, 0.05) is 5.69 Å². The van der Waals surface area contributed by atoms with Crippen molar-refractivity contribution in [2.75, 3.05) is 5.73 Å². The van der Waals surface area contributed by atoms with Crippen LogP contribution in [-0.2, 0) is 0 Å². The van der Waals surface area contributed by atoms with Crippen LogP contribution in [0.5, 0.6) is 0 Å². The zero-order valence-electron chi connectivity index (χ0n) is 9.65. The van der Waals surface area contributed by atoms with Gasteiger partial charge in [0.1, 0.15) is 0 Å². The Morgan fingerprint density at radius 3 is 2.11 bits per heavy atom. The van der Waals surface area contributed by atoms with Crippen LogP contribution in [0.25, 0.3) is 0 Å². The number of guanidine groups is 1. The summed E-state index contributed by atoms with van der Waals surface area (Å²) in [6, 6.07) is 7.31. The SMILES string of the molecule is C/C(=N/N=C(N)N)c1ccc(N)cc1.O=[N+]([O-])O. The van der Waals surface area contributed by atoms with Crippen LogP contribution in [0.15, 0.2) is 34.5 Å². The summed E-state index contributed by atoms with van der Waals surface area (Å²) < 4.78 is 0. The van der Waals surface area contributed by atoms with Crippen LogP contribution >= 0.6 is 0 Å². The Labute approximate surface area is 103 Å². The Hall–Kier alpha value is -2.84. The molecule has 0 atom stereocenters. The van der Waals surface area contributed by atoms with E-state index in [4.69, 9.17) is 32.5 Å². The van der Waals surface area contributed by atoms with Gasteiger partial charge in [-0.3, -0.25) is 0 Å². The molecule has 0 heterocycles. The molecule has 1 aromatic rings. The largest absolute Gasteiger partial charge is 0.399 e. The fourth-order valence-corrected chi connectivity index (χ4v) is 0.915. The number of anilines is 1. The molecule has 0 radical (unpaired) electrons. The van der Waals surface area contributed by atoms with Crippen LogP contribution in [0.3, 0.4) is 0 Å². The fourth-order valence-electron chi connectivity index (χ4n) is 0.915. The van der Waals surface area contributed by atoms with Gasteiger partial charge >= 0.3 is 0 Å². The molecule has 0 aliphatic heterocycles. The number of nitrogens with zero attached hydrogens (tertiary/aromatic N) is 3. The first-order valence-corrected chi connectivity index (χ1v) is 4.65. The van der Waals surface area contributed by atoms with Crippen molar-refractivity contribution in [3.63, 3.8) is 0 Å². The molecular weight excluding hydrogens is 240 g/mol. The lowest BCUT2D eigenvalue weighted by Crippen LogP contribution is -2.22. The molecule has 0 saturated heterocycles. The number of hydrogen-bond donors (Lipinski definition) is 4. The predicted octanol–water partition coefficient (Wildman–Crippen LogP) is -0.0815. The standard InChI is InChI=1S/C9H13N5.HNO3/c1-6(13-14-9(11)12)7-2-4-8(10)5-3-7;2-1(3)4/h2-5H,10H2,1H3,(H4,11,12,14);(H,2,3,4)/b13-6-;. The molecule has 7 N–H and O–H groups in total. The van der Waals surface area contributed by atoms with Crippen LogP contribution in [-0.4, -0.2) is 22.0 Å². The number of hydrogen-bond acceptors (Lipinski definition) is 5. The second-order valence-corrected chi connectivity index (χ2v) is 3.07. The van der Waals surface area contributed by atoms with Crippen LogP contribution < -0.4 is 17.2 Å². The second-order valence-electron chi connectivity index (χ2n) is 3.07. The Kier molecular flexibility index (Phi) is 6.26. The van der Waals surface area contributed by atoms with E-state index in [0.29, 0.717) is 5.69 Å². The molecule has 0 aliphatic carbocycles. The zero-order chi connectivity index (χ0) is 14.1. The minimum atomic E-state index is -1.50. The van der Waals surface area contributed by atoms with Crippen LogP contribution in [0.2, 0.25) is 0 Å². The number of nitrogens with two attached hydrogens (primary N) is 3. The van der Waals surface area contributed by atoms with Gasteiger partial charge in [0.25, 0.3) is 5.09 Å². The van der Waals surface area contributed by atoms with E-state index in [1.165, 1.54) is 0 Å². The van der Waals surface area contributed by atoms with Gasteiger partial charge in [0.15, 0.2) is 0 Å². The van der Waals surface area contributed by atoms with Gasteiger partial charge in [-0.25, -0.2) is 0 Å². The van der Waals surface area contributed by atoms with E-state index in [-0.39, 0.29) is 5.96 Å². The molecule has 0 spiro atoms. The lowest BCUT2D eigenvalue weighted by molar-refractivity contribution is -0.742. The fraction of sp³-hybridized carbons (Fsp3) is 0.111. The van der Waals surface area contributed by atoms with E-state index < -0.39 is 5.09 Å². The lowest BCUT2D eigenvalue weighted by Gasteiger charge is -1.98. The average Bonchev–Trinajstić information content (AvgIpc) is 2.26. The monoisotopic (exact) mass is 254 g/mol. The molecule has 1 aromatic carbocycles. The highest BCUT2D eigenvalue weighted by atomic mass is 16.9. The van der Waals surface area contributed by atoms with Gasteiger partial charge in [0.2, 0.25) is 5.96 Å². The Morgan fingerprint density at radius 1 is 1.28 bits per heavy atom. The van der Waals surface area contributed by atoms with Crippen LogP contribution in [0.1, 0.15) is 12.5 Å². The minimum Gasteiger partial charge on any atom is -0.399 e. The van der Waals surface area contributed by atoms with Crippen LogP contribution in [0.4, 0.5) is 5.69 Å². The minimum absolute atomic E-state index is 0.0557. The number of rotatable bonds is 2. The maximum atomic E-state index is 8.36. The number of benzene rings is 1. The molecule has 0 saturated carbocycles. The Balaban J connectivity index is 0.000000631. The summed E-state index contributed by atoms with van der Waals surface area (Å²) in [4.78, 5) is 8.36. The molecule has 0 aliphatic rings. The van der Waals surface area contributed by atoms with Crippen molar-refractivity contribution in [2.24, 2.45) is 21.7 Å². The first kappa shape index (κ1) is 15.2. The van der Waals surface area contributed by atoms with Crippen LogP contribution in [0, 0.1) is 10.1 Å². The van der Waals surface area contributed by atoms with Crippen molar-refractivity contribution < 1.29 is 10.3 Å². The van der Waals surface area contributed by atoms with E-state index >= 15 is 0 Å². The highest BCUT2D eigenvalue weighted by Gasteiger charge is 1.95. The summed E-state index contributed by atoms with van der Waals surface area (Å²) in [5, 5.41) is 21.0. The molecule has 18 heavy (non-hydrogen) atoms. The molecule has 9 nitrogen and oxygen atoms in total. The van der Waals surface area contributed by atoms with Crippen molar-refractivity contribution in [1.29, 1.82) is 0 Å². The van der Waals surface area contributed by atoms with Gasteiger partial charge in [0.05, 0.1) is 5.71 Å². The van der Waals surface area contributed by atoms with Crippen molar-refractivity contribution in [1.82, 2.24) is 0 Å². The van der Waals surface area contributed by atoms with Gasteiger partial charge in [-0.15, -0.1) is 15.2 Å². The van der Waals surface area contributed by atoms with Gasteiger partial charge in [-0.1, -0.05) is 12.1 Å². The molecule has 0 amide bonds. The Morgan fingerprint density at radius 2 is 1.72 bits per heavy atom. The summed E-state index contributed by atoms with van der Waals surface area (Å²) in [6.07, 6.45) is 0. The molecular formula is C9H14N6O3. The van der Waals surface area contributed by atoms with E-state index in [2.05, 4.69) is 10.2 Å². The maximum absolute atomic E-state index is 8.36. The third-order valence-corrected chi connectivity index (χ3v) is 1.64. The first-order valence-electron chi connectivity index (χ1n) is 4.65.